The molecule has 0 bridgehead atoms. The number of carboxylic acids is 1. The normalized spacial score (nSPS) is 24.5. The van der Waals surface area contributed by atoms with Crippen molar-refractivity contribution in [2.75, 3.05) is 6.73 Å². The number of rotatable bonds is 6. The van der Waals surface area contributed by atoms with Crippen molar-refractivity contribution < 1.29 is 24.5 Å². The number of ether oxygens (including phenoxy) is 1. The van der Waals surface area contributed by atoms with E-state index in [0.717, 1.165) is 0 Å². The fourth-order valence-electron chi connectivity index (χ4n) is 4.82. The van der Waals surface area contributed by atoms with Gasteiger partial charge >= 0.3 is 5.97 Å². The van der Waals surface area contributed by atoms with Crippen molar-refractivity contribution in [3.63, 3.8) is 0 Å². The minimum Gasteiger partial charge on any atom is -0.488 e. The van der Waals surface area contributed by atoms with Gasteiger partial charge in [-0.1, -0.05) is 28.8 Å². The maximum Gasteiger partial charge on any atom is 0.313 e. The Balaban J connectivity index is 1.83. The van der Waals surface area contributed by atoms with Crippen LogP contribution in [0, 0.1) is 0 Å². The molecule has 1 amide bonds. The zero-order valence-electron chi connectivity index (χ0n) is 17.7. The molecule has 0 unspecified atom stereocenters. The summed E-state index contributed by atoms with van der Waals surface area (Å²) in [6.45, 7) is -0.252. The molecule has 0 saturated heterocycles. The lowest BCUT2D eigenvalue weighted by atomic mass is 9.77. The van der Waals surface area contributed by atoms with Gasteiger partial charge in [0, 0.05) is 21.5 Å². The van der Waals surface area contributed by atoms with E-state index in [1.165, 1.54) is 6.07 Å². The Labute approximate surface area is 195 Å². The molecule has 9 nitrogen and oxygen atoms in total. The predicted molar refractivity (Wildman–Crippen MR) is 120 cm³/mol. The summed E-state index contributed by atoms with van der Waals surface area (Å²) in [5, 5.41) is 24.1. The highest BCUT2D eigenvalue weighted by Crippen LogP contribution is 2.46. The smallest absolute Gasteiger partial charge is 0.313 e. The van der Waals surface area contributed by atoms with Crippen LogP contribution in [0.3, 0.4) is 0 Å². The van der Waals surface area contributed by atoms with Gasteiger partial charge in [-0.25, -0.2) is 0 Å². The lowest BCUT2D eigenvalue weighted by Gasteiger charge is -2.46. The van der Waals surface area contributed by atoms with Gasteiger partial charge in [-0.15, -0.1) is 0 Å². The van der Waals surface area contributed by atoms with E-state index < -0.39 is 24.0 Å². The number of amides is 1. The van der Waals surface area contributed by atoms with Gasteiger partial charge in [0.2, 0.25) is 0 Å². The molecule has 0 spiro atoms. The molecular weight excluding hydrogens is 448 g/mol. The van der Waals surface area contributed by atoms with Crippen molar-refractivity contribution in [1.82, 2.24) is 4.90 Å². The second-order valence-electron chi connectivity index (χ2n) is 8.24. The lowest BCUT2D eigenvalue weighted by molar-refractivity contribution is -0.141. The van der Waals surface area contributed by atoms with Gasteiger partial charge in [-0.2, -0.15) is 0 Å². The maximum absolute atomic E-state index is 13.7. The molecule has 10 heteroatoms. The number of aliphatic carboxylic acids is 1. The Morgan fingerprint density at radius 1 is 1.18 bits per heavy atom. The maximum atomic E-state index is 13.7. The molecule has 2 aliphatic rings. The van der Waals surface area contributed by atoms with Crippen LogP contribution in [-0.4, -0.2) is 45.9 Å². The van der Waals surface area contributed by atoms with Crippen LogP contribution in [0.25, 0.3) is 10.4 Å². The van der Waals surface area contributed by atoms with E-state index in [0.29, 0.717) is 53.1 Å². The van der Waals surface area contributed by atoms with Crippen LogP contribution in [0.2, 0.25) is 5.02 Å². The first-order chi connectivity index (χ1) is 15.9. The number of nitrogens with zero attached hydrogens (tertiary/aromatic N) is 4. The number of aliphatic hydroxyl groups is 1. The van der Waals surface area contributed by atoms with Crippen LogP contribution < -0.4 is 4.74 Å². The summed E-state index contributed by atoms with van der Waals surface area (Å²) < 4.78 is 5.40. The van der Waals surface area contributed by atoms with Gasteiger partial charge in [0.05, 0.1) is 12.1 Å². The summed E-state index contributed by atoms with van der Waals surface area (Å²) in [6, 6.07) is 10.5. The summed E-state index contributed by atoms with van der Waals surface area (Å²) in [4.78, 5) is 30.7. The predicted octanol–water partition coefficient (Wildman–Crippen LogP) is 4.66. The summed E-state index contributed by atoms with van der Waals surface area (Å²) >= 11 is 6.07. The first-order valence-corrected chi connectivity index (χ1v) is 11.0. The minimum atomic E-state index is -1.07. The SMILES string of the molecule is [N-]=[N+]=NCOc1ccc2c(c1)[C@@H](C(=O)O)[C@H](c1ccc(Cl)cc1)N(C1CCC(O)CC1)C2=O. The highest BCUT2D eigenvalue weighted by molar-refractivity contribution is 6.30. The van der Waals surface area contributed by atoms with E-state index >= 15 is 0 Å². The number of carboxylic acid groups (broad SMARTS) is 1. The van der Waals surface area contributed by atoms with Crippen LogP contribution in [0.15, 0.2) is 47.6 Å². The van der Waals surface area contributed by atoms with Crippen molar-refractivity contribution in [1.29, 1.82) is 0 Å². The Kier molecular flexibility index (Phi) is 6.74. The van der Waals surface area contributed by atoms with E-state index in [4.69, 9.17) is 21.9 Å². The molecule has 0 aromatic heterocycles. The average Bonchev–Trinajstić information content (AvgIpc) is 2.80. The standard InChI is InChI=1S/C23H23ClN4O5/c24-14-3-1-13(2-4-14)21-20(23(31)32)19-11-17(33-12-26-27-25)9-10-18(19)22(30)28(21)15-5-7-16(29)8-6-15/h1-4,9-11,15-16,20-21,29H,5-8,12H2,(H,31,32)/t15?,16?,20-,21+/m1/s1. The third-order valence-corrected chi connectivity index (χ3v) is 6.58. The lowest BCUT2D eigenvalue weighted by Crippen LogP contribution is -2.51. The van der Waals surface area contributed by atoms with E-state index in [2.05, 4.69) is 10.0 Å². The van der Waals surface area contributed by atoms with Gasteiger partial charge in [0.1, 0.15) is 11.7 Å². The molecule has 33 heavy (non-hydrogen) atoms. The summed E-state index contributed by atoms with van der Waals surface area (Å²) in [6.07, 6.45) is 1.88. The van der Waals surface area contributed by atoms with Crippen molar-refractivity contribution in [3.05, 3.63) is 74.6 Å². The number of aliphatic hydroxyl groups excluding tert-OH is 1. The van der Waals surface area contributed by atoms with Gasteiger partial charge < -0.3 is 19.8 Å². The first kappa shape index (κ1) is 22.9. The largest absolute Gasteiger partial charge is 0.488 e. The van der Waals surface area contributed by atoms with Crippen molar-refractivity contribution in [3.8, 4) is 5.75 Å². The molecule has 172 valence electrons. The second kappa shape index (κ2) is 9.70. The molecule has 0 radical (unpaired) electrons. The minimum absolute atomic E-state index is 0.197. The highest BCUT2D eigenvalue weighted by atomic mass is 35.5. The summed E-state index contributed by atoms with van der Waals surface area (Å²) in [5.41, 5.74) is 9.77. The molecule has 1 fully saturated rings. The fraction of sp³-hybridized carbons (Fsp3) is 0.391. The van der Waals surface area contributed by atoms with Crippen LogP contribution in [0.5, 0.6) is 5.75 Å². The van der Waals surface area contributed by atoms with E-state index in [1.807, 2.05) is 0 Å². The van der Waals surface area contributed by atoms with Crippen molar-refractivity contribution in [2.45, 2.75) is 49.8 Å². The van der Waals surface area contributed by atoms with Crippen LogP contribution in [-0.2, 0) is 4.79 Å². The number of benzene rings is 2. The summed E-state index contributed by atoms with van der Waals surface area (Å²) in [5.74, 6) is -2.07. The zero-order valence-corrected chi connectivity index (χ0v) is 18.4. The quantitative estimate of drug-likeness (QED) is 0.359. The fourth-order valence-corrected chi connectivity index (χ4v) is 4.94. The molecule has 1 heterocycles. The number of carbonyl (C=O) groups is 2. The third-order valence-electron chi connectivity index (χ3n) is 6.33. The summed E-state index contributed by atoms with van der Waals surface area (Å²) in [7, 11) is 0. The molecule has 2 atom stereocenters. The number of carbonyl (C=O) groups excluding carboxylic acids is 1. The molecule has 4 rings (SSSR count). The molecule has 2 aromatic carbocycles. The molecule has 2 aromatic rings. The number of hydrogen-bond donors (Lipinski definition) is 2. The molecule has 1 saturated carbocycles. The second-order valence-corrected chi connectivity index (χ2v) is 8.68. The number of azide groups is 1. The first-order valence-electron chi connectivity index (χ1n) is 10.7. The molecular formula is C23H23ClN4O5. The number of fused-ring (bicyclic) bond motifs is 1. The average molecular weight is 471 g/mol. The van der Waals surface area contributed by atoms with Crippen LogP contribution >= 0.6 is 11.6 Å². The van der Waals surface area contributed by atoms with Crippen LogP contribution in [0.4, 0.5) is 0 Å². The van der Waals surface area contributed by atoms with Gasteiger partial charge in [0.25, 0.3) is 5.91 Å². The number of halogens is 1. The monoisotopic (exact) mass is 470 g/mol. The Morgan fingerprint density at radius 2 is 1.88 bits per heavy atom. The van der Waals surface area contributed by atoms with Gasteiger partial charge in [-0.05, 0) is 72.7 Å². The van der Waals surface area contributed by atoms with E-state index in [9.17, 15) is 19.8 Å². The van der Waals surface area contributed by atoms with Crippen molar-refractivity contribution >= 4 is 23.5 Å². The van der Waals surface area contributed by atoms with E-state index in [-0.39, 0.29) is 18.7 Å². The van der Waals surface area contributed by atoms with Gasteiger partial charge in [-0.3, -0.25) is 9.59 Å². The Hall–Kier alpha value is -3.26. The topological polar surface area (TPSA) is 136 Å². The van der Waals surface area contributed by atoms with Crippen molar-refractivity contribution in [2.24, 2.45) is 5.11 Å². The zero-order chi connectivity index (χ0) is 23.5. The molecule has 2 N–H and O–H groups in total. The van der Waals surface area contributed by atoms with E-state index in [1.54, 1.807) is 41.3 Å². The Bertz CT molecular complexity index is 1090. The molecule has 1 aliphatic carbocycles. The van der Waals surface area contributed by atoms with Crippen LogP contribution in [0.1, 0.15) is 59.1 Å². The molecule has 1 aliphatic heterocycles. The number of hydrogen-bond acceptors (Lipinski definition) is 5. The highest BCUT2D eigenvalue weighted by Gasteiger charge is 2.47. The third kappa shape index (κ3) is 4.61. The Morgan fingerprint density at radius 3 is 2.52 bits per heavy atom. The van der Waals surface area contributed by atoms with Gasteiger partial charge in [0.15, 0.2) is 6.73 Å².